The number of piperidine rings is 1. The molecule has 0 aliphatic carbocycles. The predicted molar refractivity (Wildman–Crippen MR) is 79.6 cm³/mol. The van der Waals surface area contributed by atoms with Crippen LogP contribution in [0.5, 0.6) is 0 Å². The van der Waals surface area contributed by atoms with Crippen LogP contribution in [-0.4, -0.2) is 38.2 Å². The van der Waals surface area contributed by atoms with E-state index in [-0.39, 0.29) is 6.10 Å². The smallest absolute Gasteiger partial charge is 0.110 e. The molecule has 2 aliphatic heterocycles. The second-order valence-corrected chi connectivity index (χ2v) is 6.59. The van der Waals surface area contributed by atoms with Crippen LogP contribution in [0.15, 0.2) is 6.20 Å². The van der Waals surface area contributed by atoms with E-state index in [0.29, 0.717) is 12.1 Å². The van der Waals surface area contributed by atoms with E-state index in [1.165, 1.54) is 31.6 Å². The second kappa shape index (κ2) is 5.86. The Labute approximate surface area is 121 Å². The number of nitrogens with zero attached hydrogens (tertiary/aromatic N) is 3. The summed E-state index contributed by atoms with van der Waals surface area (Å²) in [6, 6.07) is 1.23. The number of hydrogen-bond donors (Lipinski definition) is 1. The number of likely N-dealkylation sites (tertiary alicyclic amines) is 1. The molecule has 2 atom stereocenters. The Morgan fingerprint density at radius 2 is 2.10 bits per heavy atom. The molecule has 2 unspecified atom stereocenters. The number of rotatable bonds is 3. The quantitative estimate of drug-likeness (QED) is 0.923. The third kappa shape index (κ3) is 2.63. The molecule has 112 valence electrons. The topological polar surface area (TPSA) is 41.3 Å². The van der Waals surface area contributed by atoms with E-state index in [9.17, 15) is 5.11 Å². The molecule has 1 fully saturated rings. The number of imidazole rings is 1. The Kier molecular flexibility index (Phi) is 4.13. The zero-order valence-corrected chi connectivity index (χ0v) is 12.8. The van der Waals surface area contributed by atoms with E-state index in [2.05, 4.69) is 28.3 Å². The van der Waals surface area contributed by atoms with Crippen molar-refractivity contribution in [1.82, 2.24) is 14.5 Å². The molecule has 20 heavy (non-hydrogen) atoms. The third-order valence-corrected chi connectivity index (χ3v) is 4.92. The van der Waals surface area contributed by atoms with Crippen molar-refractivity contribution in [2.45, 2.75) is 77.1 Å². The second-order valence-electron chi connectivity index (χ2n) is 6.59. The van der Waals surface area contributed by atoms with Gasteiger partial charge < -0.3 is 9.67 Å². The number of aromatic nitrogens is 2. The molecule has 4 nitrogen and oxygen atoms in total. The monoisotopic (exact) mass is 277 g/mol. The standard InChI is InChI=1S/C16H27N3O/c1-12(2)18-8-4-3-6-13(18)10-16-17-11-14-15(20)7-5-9-19(14)16/h11-13,15,20H,3-10H2,1-2H3. The predicted octanol–water partition coefficient (Wildman–Crippen LogP) is 2.52. The van der Waals surface area contributed by atoms with Crippen LogP contribution < -0.4 is 0 Å². The molecule has 2 aliphatic rings. The molecule has 1 aromatic heterocycles. The van der Waals surface area contributed by atoms with Gasteiger partial charge in [-0.3, -0.25) is 4.90 Å². The minimum atomic E-state index is -0.308. The summed E-state index contributed by atoms with van der Waals surface area (Å²) in [5, 5.41) is 10.0. The number of fused-ring (bicyclic) bond motifs is 1. The van der Waals surface area contributed by atoms with Gasteiger partial charge in [-0.05, 0) is 46.1 Å². The maximum Gasteiger partial charge on any atom is 0.110 e. The molecule has 0 spiro atoms. The summed E-state index contributed by atoms with van der Waals surface area (Å²) in [6.45, 7) is 6.83. The van der Waals surface area contributed by atoms with Gasteiger partial charge in [0.15, 0.2) is 0 Å². The lowest BCUT2D eigenvalue weighted by Crippen LogP contribution is -2.45. The molecular weight excluding hydrogens is 250 g/mol. The van der Waals surface area contributed by atoms with Crippen molar-refractivity contribution in [1.29, 1.82) is 0 Å². The largest absolute Gasteiger partial charge is 0.387 e. The highest BCUT2D eigenvalue weighted by Crippen LogP contribution is 2.28. The fraction of sp³-hybridized carbons (Fsp3) is 0.812. The van der Waals surface area contributed by atoms with Crippen LogP contribution in [0.2, 0.25) is 0 Å². The van der Waals surface area contributed by atoms with Crippen LogP contribution in [0, 0.1) is 0 Å². The lowest BCUT2D eigenvalue weighted by molar-refractivity contribution is 0.107. The number of hydrogen-bond acceptors (Lipinski definition) is 3. The fourth-order valence-corrected chi connectivity index (χ4v) is 3.84. The van der Waals surface area contributed by atoms with Crippen LogP contribution in [0.3, 0.4) is 0 Å². The van der Waals surface area contributed by atoms with Crippen molar-refractivity contribution in [3.05, 3.63) is 17.7 Å². The normalized spacial score (nSPS) is 27.8. The van der Waals surface area contributed by atoms with Crippen molar-refractivity contribution in [3.8, 4) is 0 Å². The number of aliphatic hydroxyl groups excluding tert-OH is 1. The highest BCUT2D eigenvalue weighted by molar-refractivity contribution is 5.12. The summed E-state index contributed by atoms with van der Waals surface area (Å²) < 4.78 is 2.27. The Bertz CT molecular complexity index is 455. The lowest BCUT2D eigenvalue weighted by Gasteiger charge is -2.38. The Hall–Kier alpha value is -0.870. The van der Waals surface area contributed by atoms with Crippen LogP contribution in [0.4, 0.5) is 0 Å². The average Bonchev–Trinajstić information content (AvgIpc) is 2.84. The minimum Gasteiger partial charge on any atom is -0.387 e. The van der Waals surface area contributed by atoms with Crippen molar-refractivity contribution in [2.24, 2.45) is 0 Å². The Morgan fingerprint density at radius 1 is 1.25 bits per heavy atom. The molecule has 1 aromatic rings. The summed E-state index contributed by atoms with van der Waals surface area (Å²) >= 11 is 0. The van der Waals surface area contributed by atoms with Gasteiger partial charge in [0, 0.05) is 25.0 Å². The molecule has 1 N–H and O–H groups in total. The molecule has 0 aromatic carbocycles. The highest BCUT2D eigenvalue weighted by atomic mass is 16.3. The van der Waals surface area contributed by atoms with E-state index in [4.69, 9.17) is 0 Å². The van der Waals surface area contributed by atoms with Crippen LogP contribution >= 0.6 is 0 Å². The van der Waals surface area contributed by atoms with Gasteiger partial charge in [-0.2, -0.15) is 0 Å². The third-order valence-electron chi connectivity index (χ3n) is 4.92. The zero-order chi connectivity index (χ0) is 14.1. The van der Waals surface area contributed by atoms with Gasteiger partial charge in [0.1, 0.15) is 5.82 Å². The van der Waals surface area contributed by atoms with E-state index >= 15 is 0 Å². The molecule has 0 amide bonds. The Morgan fingerprint density at radius 3 is 2.90 bits per heavy atom. The molecule has 3 heterocycles. The number of aliphatic hydroxyl groups is 1. The van der Waals surface area contributed by atoms with Crippen LogP contribution in [0.25, 0.3) is 0 Å². The molecule has 0 saturated carbocycles. The van der Waals surface area contributed by atoms with Gasteiger partial charge in [0.05, 0.1) is 18.0 Å². The summed E-state index contributed by atoms with van der Waals surface area (Å²) in [4.78, 5) is 7.24. The minimum absolute atomic E-state index is 0.308. The highest BCUT2D eigenvalue weighted by Gasteiger charge is 2.28. The van der Waals surface area contributed by atoms with E-state index in [0.717, 1.165) is 31.5 Å². The molecule has 0 bridgehead atoms. The van der Waals surface area contributed by atoms with Gasteiger partial charge >= 0.3 is 0 Å². The zero-order valence-electron chi connectivity index (χ0n) is 12.8. The fourth-order valence-electron chi connectivity index (χ4n) is 3.84. The first-order chi connectivity index (χ1) is 9.66. The first-order valence-corrected chi connectivity index (χ1v) is 8.15. The molecular formula is C16H27N3O. The molecule has 3 rings (SSSR count). The van der Waals surface area contributed by atoms with Gasteiger partial charge in [-0.1, -0.05) is 6.42 Å². The lowest BCUT2D eigenvalue weighted by atomic mass is 9.97. The van der Waals surface area contributed by atoms with Crippen molar-refractivity contribution >= 4 is 0 Å². The van der Waals surface area contributed by atoms with Gasteiger partial charge in [-0.15, -0.1) is 0 Å². The maximum absolute atomic E-state index is 10.0. The Balaban J connectivity index is 1.77. The van der Waals surface area contributed by atoms with Gasteiger partial charge in [0.25, 0.3) is 0 Å². The van der Waals surface area contributed by atoms with Crippen LogP contribution in [0.1, 0.15) is 63.6 Å². The molecule has 0 radical (unpaired) electrons. The van der Waals surface area contributed by atoms with Crippen molar-refractivity contribution < 1.29 is 5.11 Å². The van der Waals surface area contributed by atoms with E-state index in [1.807, 2.05) is 6.20 Å². The summed E-state index contributed by atoms with van der Waals surface area (Å²) in [5.41, 5.74) is 1.03. The maximum atomic E-state index is 10.0. The van der Waals surface area contributed by atoms with Crippen molar-refractivity contribution in [2.75, 3.05) is 6.54 Å². The molecule has 4 heteroatoms. The first-order valence-electron chi connectivity index (χ1n) is 8.15. The summed E-state index contributed by atoms with van der Waals surface area (Å²) in [6.07, 6.45) is 8.51. The first kappa shape index (κ1) is 14.1. The average molecular weight is 277 g/mol. The van der Waals surface area contributed by atoms with E-state index in [1.54, 1.807) is 0 Å². The molecule has 1 saturated heterocycles. The van der Waals surface area contributed by atoms with Crippen LogP contribution in [-0.2, 0) is 13.0 Å². The van der Waals surface area contributed by atoms with E-state index < -0.39 is 0 Å². The summed E-state index contributed by atoms with van der Waals surface area (Å²) in [7, 11) is 0. The SMILES string of the molecule is CC(C)N1CCCCC1Cc1ncc2n1CCCC2O. The van der Waals surface area contributed by atoms with Crippen molar-refractivity contribution in [3.63, 3.8) is 0 Å². The van der Waals surface area contributed by atoms with Gasteiger partial charge in [-0.25, -0.2) is 4.98 Å². The summed E-state index contributed by atoms with van der Waals surface area (Å²) in [5.74, 6) is 1.18. The van der Waals surface area contributed by atoms with Gasteiger partial charge in [0.2, 0.25) is 0 Å².